The summed E-state index contributed by atoms with van der Waals surface area (Å²) in [5.74, 6) is -0.752. The lowest BCUT2D eigenvalue weighted by Gasteiger charge is -2.36. The van der Waals surface area contributed by atoms with Crippen molar-refractivity contribution in [2.24, 2.45) is 5.41 Å². The Balaban J connectivity index is 2.23. The molecule has 1 aromatic rings. The summed E-state index contributed by atoms with van der Waals surface area (Å²) in [6, 6.07) is 7.42. The van der Waals surface area contributed by atoms with E-state index in [9.17, 15) is 14.7 Å². The van der Waals surface area contributed by atoms with E-state index in [1.54, 1.807) is 12.1 Å². The number of carbonyl (C=O) groups is 2. The van der Waals surface area contributed by atoms with Gasteiger partial charge in [0.1, 0.15) is 5.41 Å². The summed E-state index contributed by atoms with van der Waals surface area (Å²) >= 11 is 0. The third-order valence-corrected chi connectivity index (χ3v) is 4.41. The molecule has 1 aliphatic rings. The molecule has 0 aromatic heterocycles. The summed E-state index contributed by atoms with van der Waals surface area (Å²) in [6.07, 6.45) is 2.80. The highest BCUT2D eigenvalue weighted by Gasteiger charge is 2.51. The highest BCUT2D eigenvalue weighted by molar-refractivity contribution is 6.12. The Kier molecular flexibility index (Phi) is 3.74. The van der Waals surface area contributed by atoms with E-state index < -0.39 is 11.4 Å². The van der Waals surface area contributed by atoms with Gasteiger partial charge in [-0.25, -0.2) is 0 Å². The van der Waals surface area contributed by atoms with Crippen molar-refractivity contribution < 1.29 is 14.7 Å². The van der Waals surface area contributed by atoms with Crippen molar-refractivity contribution in [2.75, 3.05) is 0 Å². The molecule has 0 radical (unpaired) electrons. The predicted molar refractivity (Wildman–Crippen MR) is 73.4 cm³/mol. The fourth-order valence-corrected chi connectivity index (χ4v) is 2.54. The number of aliphatic carboxylic acids is 1. The number of rotatable bonds is 5. The molecule has 19 heavy (non-hydrogen) atoms. The molecule has 0 saturated heterocycles. The molecule has 102 valence electrons. The van der Waals surface area contributed by atoms with Gasteiger partial charge in [0.25, 0.3) is 0 Å². The zero-order valence-electron chi connectivity index (χ0n) is 11.5. The molecule has 3 heteroatoms. The molecule has 0 heterocycles. The number of Topliss-reactive ketones (excluding diaryl/α,β-unsaturated/α-hetero) is 1. The molecule has 3 nitrogen and oxygen atoms in total. The van der Waals surface area contributed by atoms with E-state index >= 15 is 0 Å². The number of ketones is 1. The SMILES string of the molecule is CCC(C)c1ccc(C(=O)C2(C(=O)O)CCC2)cc1. The first-order valence-electron chi connectivity index (χ1n) is 6.89. The normalized spacial score (nSPS) is 18.4. The van der Waals surface area contributed by atoms with Gasteiger partial charge in [-0.05, 0) is 30.7 Å². The zero-order valence-corrected chi connectivity index (χ0v) is 11.5. The number of hydrogen-bond donors (Lipinski definition) is 1. The van der Waals surface area contributed by atoms with Crippen molar-refractivity contribution in [1.29, 1.82) is 0 Å². The topological polar surface area (TPSA) is 54.4 Å². The second-order valence-corrected chi connectivity index (χ2v) is 5.50. The Hall–Kier alpha value is -1.64. The maximum absolute atomic E-state index is 12.4. The van der Waals surface area contributed by atoms with Gasteiger partial charge >= 0.3 is 5.97 Å². The lowest BCUT2D eigenvalue weighted by molar-refractivity contribution is -0.150. The molecular weight excluding hydrogens is 240 g/mol. The minimum atomic E-state index is -1.15. The highest BCUT2D eigenvalue weighted by Crippen LogP contribution is 2.43. The fraction of sp³-hybridized carbons (Fsp3) is 0.500. The maximum Gasteiger partial charge on any atom is 0.317 e. The average molecular weight is 260 g/mol. The van der Waals surface area contributed by atoms with E-state index in [0.29, 0.717) is 24.3 Å². The summed E-state index contributed by atoms with van der Waals surface area (Å²) in [5.41, 5.74) is 0.559. The number of carbonyl (C=O) groups excluding carboxylic acids is 1. The van der Waals surface area contributed by atoms with Crippen LogP contribution in [0.3, 0.4) is 0 Å². The minimum absolute atomic E-state index is 0.234. The molecular formula is C16H20O3. The van der Waals surface area contributed by atoms with Gasteiger partial charge in [-0.3, -0.25) is 9.59 Å². The third kappa shape index (κ3) is 2.29. The Morgan fingerprint density at radius 3 is 2.21 bits per heavy atom. The Morgan fingerprint density at radius 1 is 1.26 bits per heavy atom. The number of carboxylic acids is 1. The van der Waals surface area contributed by atoms with Crippen LogP contribution in [0.25, 0.3) is 0 Å². The van der Waals surface area contributed by atoms with Crippen LogP contribution in [0.2, 0.25) is 0 Å². The number of hydrogen-bond acceptors (Lipinski definition) is 2. The molecule has 0 bridgehead atoms. The largest absolute Gasteiger partial charge is 0.480 e. The van der Waals surface area contributed by atoms with Gasteiger partial charge in [-0.15, -0.1) is 0 Å². The van der Waals surface area contributed by atoms with Gasteiger partial charge < -0.3 is 5.11 Å². The summed E-state index contributed by atoms with van der Waals surface area (Å²) in [4.78, 5) is 23.7. The lowest BCUT2D eigenvalue weighted by Crippen LogP contribution is -2.45. The third-order valence-electron chi connectivity index (χ3n) is 4.41. The number of benzene rings is 1. The van der Waals surface area contributed by atoms with Crippen molar-refractivity contribution in [3.63, 3.8) is 0 Å². The standard InChI is InChI=1S/C16H20O3/c1-3-11(2)12-5-7-13(8-6-12)14(17)16(15(18)19)9-4-10-16/h5-8,11H,3-4,9-10H2,1-2H3,(H,18,19). The van der Waals surface area contributed by atoms with Crippen molar-refractivity contribution in [1.82, 2.24) is 0 Å². The van der Waals surface area contributed by atoms with Crippen molar-refractivity contribution in [3.8, 4) is 0 Å². The highest BCUT2D eigenvalue weighted by atomic mass is 16.4. The van der Waals surface area contributed by atoms with Gasteiger partial charge in [-0.1, -0.05) is 44.5 Å². The summed E-state index contributed by atoms with van der Waals surface area (Å²) in [5, 5.41) is 9.28. The van der Waals surface area contributed by atoms with Gasteiger partial charge in [0.15, 0.2) is 5.78 Å². The smallest absolute Gasteiger partial charge is 0.317 e. The van der Waals surface area contributed by atoms with Crippen molar-refractivity contribution in [3.05, 3.63) is 35.4 Å². The monoisotopic (exact) mass is 260 g/mol. The zero-order chi connectivity index (χ0) is 14.0. The van der Waals surface area contributed by atoms with Crippen LogP contribution < -0.4 is 0 Å². The average Bonchev–Trinajstić information content (AvgIpc) is 2.36. The van der Waals surface area contributed by atoms with E-state index in [4.69, 9.17) is 0 Å². The number of carboxylic acid groups (broad SMARTS) is 1. The molecule has 1 unspecified atom stereocenters. The molecule has 1 N–H and O–H groups in total. The molecule has 0 aliphatic heterocycles. The van der Waals surface area contributed by atoms with Crippen molar-refractivity contribution >= 4 is 11.8 Å². The van der Waals surface area contributed by atoms with Gasteiger partial charge in [0, 0.05) is 5.56 Å². The van der Waals surface area contributed by atoms with Gasteiger partial charge in [0.2, 0.25) is 0 Å². The van der Waals surface area contributed by atoms with Gasteiger partial charge in [-0.2, -0.15) is 0 Å². The molecule has 1 aliphatic carbocycles. The van der Waals surface area contributed by atoms with Gasteiger partial charge in [0.05, 0.1) is 0 Å². The predicted octanol–water partition coefficient (Wildman–Crippen LogP) is 3.64. The summed E-state index contributed by atoms with van der Waals surface area (Å²) < 4.78 is 0. The van der Waals surface area contributed by atoms with E-state index in [1.807, 2.05) is 12.1 Å². The molecule has 0 spiro atoms. The first kappa shape index (κ1) is 13.8. The quantitative estimate of drug-likeness (QED) is 0.649. The molecule has 2 rings (SSSR count). The van der Waals surface area contributed by atoms with E-state index in [1.165, 1.54) is 5.56 Å². The van der Waals surface area contributed by atoms with Crippen molar-refractivity contribution in [2.45, 2.75) is 45.4 Å². The maximum atomic E-state index is 12.4. The van der Waals surface area contributed by atoms with E-state index in [2.05, 4.69) is 13.8 Å². The van der Waals surface area contributed by atoms with E-state index in [-0.39, 0.29) is 5.78 Å². The van der Waals surface area contributed by atoms with Crippen LogP contribution in [-0.4, -0.2) is 16.9 Å². The Morgan fingerprint density at radius 2 is 1.84 bits per heavy atom. The van der Waals surface area contributed by atoms with E-state index in [0.717, 1.165) is 12.8 Å². The van der Waals surface area contributed by atoms with Crippen LogP contribution in [0.15, 0.2) is 24.3 Å². The lowest BCUT2D eigenvalue weighted by atomic mass is 9.64. The second kappa shape index (κ2) is 5.16. The Labute approximate surface area is 113 Å². The molecule has 1 fully saturated rings. The summed E-state index contributed by atoms with van der Waals surface area (Å²) in [7, 11) is 0. The van der Waals surface area contributed by atoms with Crippen LogP contribution in [0.4, 0.5) is 0 Å². The fourth-order valence-electron chi connectivity index (χ4n) is 2.54. The molecule has 1 saturated carbocycles. The van der Waals surface area contributed by atoms with Crippen LogP contribution in [-0.2, 0) is 4.79 Å². The second-order valence-electron chi connectivity index (χ2n) is 5.50. The van der Waals surface area contributed by atoms with Crippen LogP contribution in [0.1, 0.15) is 61.4 Å². The molecule has 0 amide bonds. The summed E-state index contributed by atoms with van der Waals surface area (Å²) in [6.45, 7) is 4.26. The van der Waals surface area contributed by atoms with Crippen LogP contribution in [0.5, 0.6) is 0 Å². The first-order chi connectivity index (χ1) is 9.01. The minimum Gasteiger partial charge on any atom is -0.480 e. The van der Waals surface area contributed by atoms with Crippen LogP contribution in [0, 0.1) is 5.41 Å². The Bertz CT molecular complexity index is 483. The first-order valence-corrected chi connectivity index (χ1v) is 6.89. The van der Waals surface area contributed by atoms with Crippen LogP contribution >= 0.6 is 0 Å². The molecule has 1 aromatic carbocycles. The molecule has 1 atom stereocenters.